The number of nitrogens with zero attached hydrogens (tertiary/aromatic N) is 4. The van der Waals surface area contributed by atoms with Crippen molar-refractivity contribution in [3.05, 3.63) is 52.8 Å². The molecule has 0 aliphatic heterocycles. The van der Waals surface area contributed by atoms with E-state index in [0.717, 1.165) is 16.9 Å². The standard InChI is InChI=1S/C15H17N5O/c1-2-19-10-9-17-14(15(19)21)20-12-6-4-3-5-11(12)18-13(20)7-8-16/h3-6,9-10H,2,7-8,16H2,1H3. The van der Waals surface area contributed by atoms with Crippen LogP contribution in [0.25, 0.3) is 16.9 Å². The summed E-state index contributed by atoms with van der Waals surface area (Å²) in [7, 11) is 0. The summed E-state index contributed by atoms with van der Waals surface area (Å²) in [6.07, 6.45) is 3.92. The molecule has 6 heteroatoms. The zero-order valence-electron chi connectivity index (χ0n) is 11.9. The van der Waals surface area contributed by atoms with Crippen LogP contribution in [0.1, 0.15) is 12.7 Å². The molecule has 2 heterocycles. The third-order valence-corrected chi connectivity index (χ3v) is 3.45. The Balaban J connectivity index is 2.33. The van der Waals surface area contributed by atoms with E-state index in [1.165, 1.54) is 0 Å². The number of rotatable bonds is 4. The summed E-state index contributed by atoms with van der Waals surface area (Å²) in [6.45, 7) is 3.00. The molecular weight excluding hydrogens is 266 g/mol. The Hall–Kier alpha value is -2.47. The minimum atomic E-state index is -0.124. The third kappa shape index (κ3) is 2.23. The van der Waals surface area contributed by atoms with Crippen molar-refractivity contribution < 1.29 is 0 Å². The number of aromatic nitrogens is 4. The molecule has 2 aromatic heterocycles. The number of imidazole rings is 1. The highest BCUT2D eigenvalue weighted by Gasteiger charge is 2.15. The number of aryl methyl sites for hydroxylation is 1. The first-order valence-corrected chi connectivity index (χ1v) is 6.98. The fourth-order valence-electron chi connectivity index (χ4n) is 2.45. The van der Waals surface area contributed by atoms with E-state index < -0.39 is 0 Å². The second-order valence-electron chi connectivity index (χ2n) is 4.73. The molecule has 0 unspecified atom stereocenters. The predicted octanol–water partition coefficient (Wildman–Crippen LogP) is 1.10. The topological polar surface area (TPSA) is 78.7 Å². The van der Waals surface area contributed by atoms with Crippen LogP contribution >= 0.6 is 0 Å². The molecular formula is C15H17N5O. The maximum atomic E-state index is 12.5. The number of nitrogens with two attached hydrogens (primary N) is 1. The Kier molecular flexibility index (Phi) is 3.53. The van der Waals surface area contributed by atoms with Crippen LogP contribution in [0.3, 0.4) is 0 Å². The van der Waals surface area contributed by atoms with E-state index in [9.17, 15) is 4.79 Å². The number of fused-ring (bicyclic) bond motifs is 1. The molecule has 0 amide bonds. The zero-order chi connectivity index (χ0) is 14.8. The van der Waals surface area contributed by atoms with E-state index in [4.69, 9.17) is 5.73 Å². The summed E-state index contributed by atoms with van der Waals surface area (Å²) in [6, 6.07) is 7.71. The first-order chi connectivity index (χ1) is 10.3. The van der Waals surface area contributed by atoms with Gasteiger partial charge in [0, 0.05) is 25.4 Å². The molecule has 3 aromatic rings. The van der Waals surface area contributed by atoms with Gasteiger partial charge in [0.15, 0.2) is 0 Å². The van der Waals surface area contributed by atoms with E-state index in [-0.39, 0.29) is 5.56 Å². The van der Waals surface area contributed by atoms with Crippen LogP contribution in [-0.4, -0.2) is 25.6 Å². The molecule has 0 aliphatic rings. The van der Waals surface area contributed by atoms with Crippen LogP contribution in [0.2, 0.25) is 0 Å². The van der Waals surface area contributed by atoms with Crippen molar-refractivity contribution in [2.45, 2.75) is 19.9 Å². The highest BCUT2D eigenvalue weighted by molar-refractivity contribution is 5.77. The van der Waals surface area contributed by atoms with E-state index >= 15 is 0 Å². The summed E-state index contributed by atoms with van der Waals surface area (Å²) in [5.41, 5.74) is 7.26. The molecule has 0 atom stereocenters. The highest BCUT2D eigenvalue weighted by atomic mass is 16.1. The second kappa shape index (κ2) is 5.49. The largest absolute Gasteiger partial charge is 0.330 e. The lowest BCUT2D eigenvalue weighted by Gasteiger charge is -2.09. The smallest absolute Gasteiger partial charge is 0.294 e. The Bertz CT molecular complexity index is 833. The molecule has 0 aliphatic carbocycles. The quantitative estimate of drug-likeness (QED) is 0.777. The molecule has 0 fully saturated rings. The molecule has 0 radical (unpaired) electrons. The Morgan fingerprint density at radius 1 is 1.29 bits per heavy atom. The van der Waals surface area contributed by atoms with Gasteiger partial charge in [-0.3, -0.25) is 9.36 Å². The summed E-state index contributed by atoms with van der Waals surface area (Å²) in [5.74, 6) is 1.13. The van der Waals surface area contributed by atoms with Crippen molar-refractivity contribution in [3.63, 3.8) is 0 Å². The van der Waals surface area contributed by atoms with Crippen molar-refractivity contribution in [2.75, 3.05) is 6.54 Å². The Labute approximate surface area is 121 Å². The lowest BCUT2D eigenvalue weighted by atomic mass is 10.3. The molecule has 2 N–H and O–H groups in total. The minimum absolute atomic E-state index is 0.124. The molecule has 0 bridgehead atoms. The fourth-order valence-corrected chi connectivity index (χ4v) is 2.45. The van der Waals surface area contributed by atoms with Gasteiger partial charge in [-0.25, -0.2) is 9.97 Å². The van der Waals surface area contributed by atoms with Crippen molar-refractivity contribution in [3.8, 4) is 5.82 Å². The summed E-state index contributed by atoms with van der Waals surface area (Å²) >= 11 is 0. The van der Waals surface area contributed by atoms with Gasteiger partial charge in [0.25, 0.3) is 5.56 Å². The van der Waals surface area contributed by atoms with Crippen LogP contribution in [0.5, 0.6) is 0 Å². The molecule has 21 heavy (non-hydrogen) atoms. The Morgan fingerprint density at radius 3 is 2.86 bits per heavy atom. The van der Waals surface area contributed by atoms with Crippen LogP contribution < -0.4 is 11.3 Å². The van der Waals surface area contributed by atoms with E-state index in [1.54, 1.807) is 17.0 Å². The van der Waals surface area contributed by atoms with Crippen molar-refractivity contribution in [2.24, 2.45) is 5.73 Å². The van der Waals surface area contributed by atoms with Gasteiger partial charge in [0.05, 0.1) is 11.0 Å². The molecule has 1 aromatic carbocycles. The zero-order valence-corrected chi connectivity index (χ0v) is 11.9. The molecule has 3 rings (SSSR count). The number of para-hydroxylation sites is 2. The van der Waals surface area contributed by atoms with Gasteiger partial charge < -0.3 is 10.3 Å². The Morgan fingerprint density at radius 2 is 2.10 bits per heavy atom. The average Bonchev–Trinajstić information content (AvgIpc) is 2.86. The molecule has 0 saturated carbocycles. The normalized spacial score (nSPS) is 11.1. The highest BCUT2D eigenvalue weighted by Crippen LogP contribution is 2.18. The third-order valence-electron chi connectivity index (χ3n) is 3.45. The van der Waals surface area contributed by atoms with Gasteiger partial charge in [-0.05, 0) is 25.6 Å². The number of hydrogen-bond acceptors (Lipinski definition) is 4. The summed E-state index contributed by atoms with van der Waals surface area (Å²) in [5, 5.41) is 0. The van der Waals surface area contributed by atoms with Crippen molar-refractivity contribution in [1.82, 2.24) is 19.1 Å². The van der Waals surface area contributed by atoms with Crippen LogP contribution in [0.4, 0.5) is 0 Å². The van der Waals surface area contributed by atoms with Gasteiger partial charge in [-0.2, -0.15) is 0 Å². The van der Waals surface area contributed by atoms with Gasteiger partial charge >= 0.3 is 0 Å². The summed E-state index contributed by atoms with van der Waals surface area (Å²) in [4.78, 5) is 21.4. The fraction of sp³-hybridized carbons (Fsp3) is 0.267. The lowest BCUT2D eigenvalue weighted by molar-refractivity contribution is 0.701. The lowest BCUT2D eigenvalue weighted by Crippen LogP contribution is -2.25. The average molecular weight is 283 g/mol. The summed E-state index contributed by atoms with van der Waals surface area (Å²) < 4.78 is 3.44. The van der Waals surface area contributed by atoms with Crippen molar-refractivity contribution >= 4 is 11.0 Å². The maximum Gasteiger partial charge on any atom is 0.294 e. The van der Waals surface area contributed by atoms with Crippen LogP contribution in [-0.2, 0) is 13.0 Å². The SMILES string of the molecule is CCn1ccnc(-n2c(CCN)nc3ccccc32)c1=O. The van der Waals surface area contributed by atoms with Gasteiger partial charge in [-0.1, -0.05) is 12.1 Å². The van der Waals surface area contributed by atoms with Gasteiger partial charge in [0.1, 0.15) is 5.82 Å². The first kappa shape index (κ1) is 13.5. The van der Waals surface area contributed by atoms with E-state index in [0.29, 0.717) is 25.3 Å². The number of benzene rings is 1. The van der Waals surface area contributed by atoms with Gasteiger partial charge in [0.2, 0.25) is 5.82 Å². The van der Waals surface area contributed by atoms with E-state index in [1.807, 2.05) is 35.8 Å². The molecule has 0 spiro atoms. The maximum absolute atomic E-state index is 12.5. The number of hydrogen-bond donors (Lipinski definition) is 1. The van der Waals surface area contributed by atoms with Crippen molar-refractivity contribution in [1.29, 1.82) is 0 Å². The van der Waals surface area contributed by atoms with Crippen LogP contribution in [0.15, 0.2) is 41.5 Å². The van der Waals surface area contributed by atoms with Crippen LogP contribution in [0, 0.1) is 0 Å². The molecule has 108 valence electrons. The second-order valence-corrected chi connectivity index (χ2v) is 4.73. The predicted molar refractivity (Wildman–Crippen MR) is 81.6 cm³/mol. The minimum Gasteiger partial charge on any atom is -0.330 e. The first-order valence-electron chi connectivity index (χ1n) is 6.98. The van der Waals surface area contributed by atoms with E-state index in [2.05, 4.69) is 9.97 Å². The monoisotopic (exact) mass is 283 g/mol. The molecule has 0 saturated heterocycles. The van der Waals surface area contributed by atoms with Gasteiger partial charge in [-0.15, -0.1) is 0 Å². The molecule has 6 nitrogen and oxygen atoms in total.